The molecule has 186 valence electrons. The van der Waals surface area contributed by atoms with Crippen molar-refractivity contribution in [3.63, 3.8) is 0 Å². The average molecular weight is 515 g/mol. The van der Waals surface area contributed by atoms with Gasteiger partial charge in [-0.1, -0.05) is 36.4 Å². The second-order valence-electron chi connectivity index (χ2n) is 7.76. The molecule has 4 aromatic rings. The molecule has 0 spiro atoms. The molecule has 2 heterocycles. The molecule has 2 aromatic carbocycles. The number of alkyl halides is 3. The summed E-state index contributed by atoms with van der Waals surface area (Å²) in [6.07, 6.45) is -4.30. The van der Waals surface area contributed by atoms with Crippen LogP contribution >= 0.6 is 0 Å². The smallest absolute Gasteiger partial charge is 0.417 e. The maximum absolute atomic E-state index is 13.5. The number of nitrogens with zero attached hydrogens (tertiary/aromatic N) is 3. The van der Waals surface area contributed by atoms with Gasteiger partial charge in [0.25, 0.3) is 5.95 Å². The van der Waals surface area contributed by atoms with Gasteiger partial charge in [0.15, 0.2) is 4.90 Å². The number of hydrogen-bond acceptors (Lipinski definition) is 7. The SMILES string of the molecule is CC(C)Oc1ncc(C(F)(F)F)cc1-c1cc(Oc2ccccc2)nc(N[S+]([O-])c2ccccc2)n1. The van der Waals surface area contributed by atoms with Gasteiger partial charge in [0.2, 0.25) is 11.8 Å². The highest BCUT2D eigenvalue weighted by molar-refractivity contribution is 7.92. The predicted molar refractivity (Wildman–Crippen MR) is 129 cm³/mol. The lowest BCUT2D eigenvalue weighted by molar-refractivity contribution is -0.137. The lowest BCUT2D eigenvalue weighted by atomic mass is 10.1. The van der Waals surface area contributed by atoms with Crippen LogP contribution in [0.4, 0.5) is 19.1 Å². The number of para-hydroxylation sites is 1. The highest BCUT2D eigenvalue weighted by Crippen LogP contribution is 2.37. The molecule has 0 aliphatic heterocycles. The van der Waals surface area contributed by atoms with Crippen molar-refractivity contribution in [2.45, 2.75) is 31.0 Å². The molecule has 11 heteroatoms. The van der Waals surface area contributed by atoms with Crippen LogP contribution in [0.15, 0.2) is 83.9 Å². The number of hydrogen-bond donors (Lipinski definition) is 1. The maximum atomic E-state index is 13.5. The van der Waals surface area contributed by atoms with Gasteiger partial charge in [0.05, 0.1) is 22.9 Å². The van der Waals surface area contributed by atoms with Gasteiger partial charge >= 0.3 is 6.18 Å². The van der Waals surface area contributed by atoms with Gasteiger partial charge in [-0.2, -0.15) is 22.9 Å². The van der Waals surface area contributed by atoms with Crippen molar-refractivity contribution in [2.75, 3.05) is 4.72 Å². The van der Waals surface area contributed by atoms with Crippen LogP contribution < -0.4 is 14.2 Å². The van der Waals surface area contributed by atoms with Crippen LogP contribution in [0.5, 0.6) is 17.5 Å². The van der Waals surface area contributed by atoms with Gasteiger partial charge in [0.1, 0.15) is 17.1 Å². The van der Waals surface area contributed by atoms with Crippen molar-refractivity contribution in [2.24, 2.45) is 0 Å². The minimum absolute atomic E-state index is 0.0201. The third kappa shape index (κ3) is 6.43. The normalized spacial score (nSPS) is 12.3. The summed E-state index contributed by atoms with van der Waals surface area (Å²) < 4.78 is 67.5. The van der Waals surface area contributed by atoms with Crippen LogP contribution in [0.1, 0.15) is 19.4 Å². The second kappa shape index (κ2) is 10.8. The van der Waals surface area contributed by atoms with E-state index in [4.69, 9.17) is 9.47 Å². The fraction of sp³-hybridized carbons (Fsp3) is 0.160. The molecule has 0 saturated heterocycles. The quantitative estimate of drug-likeness (QED) is 0.277. The molecule has 0 fully saturated rings. The van der Waals surface area contributed by atoms with E-state index in [2.05, 4.69) is 19.7 Å². The van der Waals surface area contributed by atoms with Crippen molar-refractivity contribution < 1.29 is 27.2 Å². The van der Waals surface area contributed by atoms with Gasteiger partial charge in [-0.3, -0.25) is 0 Å². The molecular formula is C25H21F3N4O3S. The molecule has 0 aliphatic carbocycles. The van der Waals surface area contributed by atoms with Crippen LogP contribution in [-0.2, 0) is 17.5 Å². The van der Waals surface area contributed by atoms with Crippen molar-refractivity contribution in [3.05, 3.63) is 84.6 Å². The maximum Gasteiger partial charge on any atom is 0.417 e. The van der Waals surface area contributed by atoms with E-state index in [0.29, 0.717) is 16.8 Å². The zero-order valence-electron chi connectivity index (χ0n) is 19.2. The molecule has 7 nitrogen and oxygen atoms in total. The summed E-state index contributed by atoms with van der Waals surface area (Å²) in [6, 6.07) is 19.5. The minimum Gasteiger partial charge on any atom is -0.588 e. The molecule has 0 saturated carbocycles. The highest BCUT2D eigenvalue weighted by Gasteiger charge is 2.32. The lowest BCUT2D eigenvalue weighted by Gasteiger charge is -2.16. The number of halogens is 3. The summed E-state index contributed by atoms with van der Waals surface area (Å²) in [5.74, 6) is 0.302. The van der Waals surface area contributed by atoms with E-state index >= 15 is 0 Å². The Morgan fingerprint density at radius 3 is 2.25 bits per heavy atom. The van der Waals surface area contributed by atoms with Crippen molar-refractivity contribution in [3.8, 4) is 28.8 Å². The molecule has 0 amide bonds. The van der Waals surface area contributed by atoms with E-state index in [0.717, 1.165) is 6.07 Å². The Labute approximate surface area is 208 Å². The van der Waals surface area contributed by atoms with E-state index in [1.165, 1.54) is 6.07 Å². The molecule has 4 rings (SSSR count). The first kappa shape index (κ1) is 25.3. The summed E-state index contributed by atoms with van der Waals surface area (Å²) in [6.45, 7) is 3.45. The minimum atomic E-state index is -4.63. The van der Waals surface area contributed by atoms with E-state index in [-0.39, 0.29) is 35.1 Å². The Bertz CT molecular complexity index is 1310. The van der Waals surface area contributed by atoms with Crippen molar-refractivity contribution >= 4 is 17.3 Å². The summed E-state index contributed by atoms with van der Waals surface area (Å²) in [5, 5.41) is 0. The molecule has 0 aliphatic rings. The Hall–Kier alpha value is -3.83. The Kier molecular flexibility index (Phi) is 7.61. The van der Waals surface area contributed by atoms with Gasteiger partial charge in [-0.05, 0) is 44.2 Å². The zero-order chi connectivity index (χ0) is 25.7. The molecule has 2 aromatic heterocycles. The van der Waals surface area contributed by atoms with E-state index in [9.17, 15) is 17.7 Å². The van der Waals surface area contributed by atoms with E-state index in [1.54, 1.807) is 74.5 Å². The topological polar surface area (TPSA) is 92.2 Å². The van der Waals surface area contributed by atoms with Crippen LogP contribution in [0.2, 0.25) is 0 Å². The summed E-state index contributed by atoms with van der Waals surface area (Å²) in [4.78, 5) is 12.9. The molecule has 1 unspecified atom stereocenters. The van der Waals surface area contributed by atoms with Crippen molar-refractivity contribution in [1.82, 2.24) is 15.0 Å². The number of benzene rings is 2. The zero-order valence-corrected chi connectivity index (χ0v) is 20.0. The second-order valence-corrected chi connectivity index (χ2v) is 8.97. The van der Waals surface area contributed by atoms with E-state index in [1.807, 2.05) is 0 Å². The summed E-state index contributed by atoms with van der Waals surface area (Å²) >= 11 is -1.74. The number of pyridine rings is 1. The number of aromatic nitrogens is 3. The van der Waals surface area contributed by atoms with Gasteiger partial charge in [-0.15, -0.1) is 0 Å². The fourth-order valence-electron chi connectivity index (χ4n) is 3.06. The fourth-order valence-corrected chi connectivity index (χ4v) is 3.84. The van der Waals surface area contributed by atoms with Gasteiger partial charge < -0.3 is 14.0 Å². The molecule has 36 heavy (non-hydrogen) atoms. The van der Waals surface area contributed by atoms with Crippen LogP contribution in [0, 0.1) is 0 Å². The summed E-state index contributed by atoms with van der Waals surface area (Å²) in [7, 11) is 0. The molecular weight excluding hydrogens is 493 g/mol. The lowest BCUT2D eigenvalue weighted by Crippen LogP contribution is -2.16. The third-order valence-corrected chi connectivity index (χ3v) is 5.68. The number of ether oxygens (including phenoxy) is 2. The molecule has 0 radical (unpaired) electrons. The molecule has 1 atom stereocenters. The van der Waals surface area contributed by atoms with Crippen LogP contribution in [-0.4, -0.2) is 25.6 Å². The van der Waals surface area contributed by atoms with Crippen molar-refractivity contribution in [1.29, 1.82) is 0 Å². The average Bonchev–Trinajstić information content (AvgIpc) is 2.84. The number of nitrogens with one attached hydrogen (secondary N) is 1. The summed E-state index contributed by atoms with van der Waals surface area (Å²) in [5.41, 5.74) is -0.953. The van der Waals surface area contributed by atoms with E-state index < -0.39 is 23.1 Å². The molecule has 0 bridgehead atoms. The Balaban J connectivity index is 1.81. The Morgan fingerprint density at radius 1 is 0.944 bits per heavy atom. The first-order chi connectivity index (χ1) is 17.2. The van der Waals surface area contributed by atoms with Crippen LogP contribution in [0.25, 0.3) is 11.3 Å². The van der Waals surface area contributed by atoms with Gasteiger partial charge in [0, 0.05) is 12.3 Å². The number of rotatable bonds is 8. The molecule has 1 N–H and O–H groups in total. The largest absolute Gasteiger partial charge is 0.588 e. The Morgan fingerprint density at radius 2 is 1.61 bits per heavy atom. The third-order valence-electron chi connectivity index (χ3n) is 4.61. The first-order valence-corrected chi connectivity index (χ1v) is 11.9. The predicted octanol–water partition coefficient (Wildman–Crippen LogP) is 6.27. The first-order valence-electron chi connectivity index (χ1n) is 10.8. The standard InChI is InChI=1S/C25H21F3N4O3S/c1-16(2)34-23-20(13-17(15-29-23)25(26,27)28)21-14-22(35-18-9-5-3-6-10-18)31-24(30-21)32-36(33)19-11-7-4-8-12-19/h3-16H,1-2H3,(H,30,31,32). The van der Waals surface area contributed by atoms with Crippen LogP contribution in [0.3, 0.4) is 0 Å². The monoisotopic (exact) mass is 514 g/mol. The highest BCUT2D eigenvalue weighted by atomic mass is 32.2. The number of anilines is 1. The van der Waals surface area contributed by atoms with Gasteiger partial charge in [-0.25, -0.2) is 9.97 Å².